The maximum atomic E-state index is 13.6. The summed E-state index contributed by atoms with van der Waals surface area (Å²) in [5.74, 6) is 0.174. The van der Waals surface area contributed by atoms with Crippen molar-refractivity contribution in [1.82, 2.24) is 24.8 Å². The molecule has 3 atom stereocenters. The Morgan fingerprint density at radius 2 is 1.94 bits per heavy atom. The smallest absolute Gasteiger partial charge is 0.259 e. The molecule has 0 spiro atoms. The molecule has 1 aliphatic heterocycles. The van der Waals surface area contributed by atoms with Crippen molar-refractivity contribution < 1.29 is 14.6 Å². The van der Waals surface area contributed by atoms with Crippen LogP contribution in [-0.2, 0) is 6.54 Å². The van der Waals surface area contributed by atoms with Gasteiger partial charge in [-0.2, -0.15) is 0 Å². The van der Waals surface area contributed by atoms with Gasteiger partial charge in [-0.05, 0) is 38.1 Å². The van der Waals surface area contributed by atoms with Crippen LogP contribution in [0.15, 0.2) is 55.2 Å². The van der Waals surface area contributed by atoms with Gasteiger partial charge in [-0.1, -0.05) is 31.2 Å². The molecule has 0 saturated heterocycles. The zero-order valence-electron chi connectivity index (χ0n) is 20.8. The van der Waals surface area contributed by atoms with Crippen LogP contribution < -0.4 is 4.74 Å². The third-order valence-electron chi connectivity index (χ3n) is 6.54. The first-order valence-corrected chi connectivity index (χ1v) is 11.9. The number of benzene rings is 1. The molecule has 3 heterocycles. The first-order chi connectivity index (χ1) is 16.9. The topological polar surface area (TPSA) is 91.7 Å². The monoisotopic (exact) mass is 475 g/mol. The van der Waals surface area contributed by atoms with E-state index in [1.807, 2.05) is 51.2 Å². The number of likely N-dealkylation sites (N-methyl/N-ethyl adjacent to an activating group) is 1. The van der Waals surface area contributed by atoms with Crippen molar-refractivity contribution in [3.05, 3.63) is 71.9 Å². The number of hydrogen-bond donors (Lipinski definition) is 1. The molecular formula is C27H33N5O3. The quantitative estimate of drug-likeness (QED) is 0.561. The van der Waals surface area contributed by atoms with Crippen molar-refractivity contribution in [3.8, 4) is 17.0 Å². The van der Waals surface area contributed by atoms with Crippen LogP contribution in [0.25, 0.3) is 11.1 Å². The van der Waals surface area contributed by atoms with E-state index in [0.717, 1.165) is 22.3 Å². The van der Waals surface area contributed by atoms with Crippen LogP contribution in [0.2, 0.25) is 0 Å². The van der Waals surface area contributed by atoms with Gasteiger partial charge in [-0.3, -0.25) is 9.69 Å². The molecule has 1 aliphatic rings. The van der Waals surface area contributed by atoms with Gasteiger partial charge < -0.3 is 14.7 Å². The molecule has 8 nitrogen and oxygen atoms in total. The molecular weight excluding hydrogens is 442 g/mol. The Morgan fingerprint density at radius 3 is 2.66 bits per heavy atom. The van der Waals surface area contributed by atoms with Gasteiger partial charge >= 0.3 is 0 Å². The molecule has 184 valence electrons. The van der Waals surface area contributed by atoms with Crippen molar-refractivity contribution in [1.29, 1.82) is 0 Å². The van der Waals surface area contributed by atoms with Gasteiger partial charge in [-0.15, -0.1) is 0 Å². The van der Waals surface area contributed by atoms with Crippen LogP contribution in [0, 0.1) is 12.8 Å². The maximum Gasteiger partial charge on any atom is 0.259 e. The second-order valence-corrected chi connectivity index (χ2v) is 9.46. The van der Waals surface area contributed by atoms with Crippen molar-refractivity contribution in [2.24, 2.45) is 5.92 Å². The number of aromatic nitrogens is 3. The summed E-state index contributed by atoms with van der Waals surface area (Å²) in [4.78, 5) is 30.4. The molecule has 0 bridgehead atoms. The van der Waals surface area contributed by atoms with Crippen LogP contribution in [-0.4, -0.2) is 74.7 Å². The lowest BCUT2D eigenvalue weighted by Crippen LogP contribution is -2.49. The predicted octanol–water partition coefficient (Wildman–Crippen LogP) is 3.20. The lowest BCUT2D eigenvalue weighted by molar-refractivity contribution is 0.0325. The fourth-order valence-corrected chi connectivity index (χ4v) is 4.46. The van der Waals surface area contributed by atoms with E-state index in [1.165, 1.54) is 6.33 Å². The van der Waals surface area contributed by atoms with Crippen molar-refractivity contribution >= 4 is 5.91 Å². The molecule has 0 fully saturated rings. The highest BCUT2D eigenvalue weighted by Crippen LogP contribution is 2.31. The van der Waals surface area contributed by atoms with Crippen molar-refractivity contribution in [2.45, 2.75) is 39.5 Å². The highest BCUT2D eigenvalue weighted by molar-refractivity contribution is 5.98. The van der Waals surface area contributed by atoms with Gasteiger partial charge in [0.2, 0.25) is 5.88 Å². The van der Waals surface area contributed by atoms with Crippen molar-refractivity contribution in [3.63, 3.8) is 0 Å². The van der Waals surface area contributed by atoms with E-state index in [2.05, 4.69) is 26.8 Å². The number of amides is 1. The highest BCUT2D eigenvalue weighted by Gasteiger charge is 2.34. The number of nitrogens with zero attached hydrogens (tertiary/aromatic N) is 5. The van der Waals surface area contributed by atoms with E-state index in [0.29, 0.717) is 31.1 Å². The van der Waals surface area contributed by atoms with Gasteiger partial charge in [0.05, 0.1) is 12.6 Å². The summed E-state index contributed by atoms with van der Waals surface area (Å²) in [7, 11) is 2.02. The number of fused-ring (bicyclic) bond motifs is 1. The minimum absolute atomic E-state index is 0.0217. The molecule has 1 amide bonds. The molecule has 0 saturated carbocycles. The minimum atomic E-state index is -0.321. The normalized spacial score (nSPS) is 19.0. The van der Waals surface area contributed by atoms with Crippen molar-refractivity contribution in [2.75, 3.05) is 26.7 Å². The van der Waals surface area contributed by atoms with Crippen LogP contribution >= 0.6 is 0 Å². The first-order valence-electron chi connectivity index (χ1n) is 11.9. The van der Waals surface area contributed by atoms with Crippen LogP contribution in [0.1, 0.15) is 35.3 Å². The standard InChI is InChI=1S/C27H33N5O3/c1-18-7-5-6-8-23(18)22-9-24-26(30-12-22)35-25(15-31(4)14-21-10-28-17-29-11-21)19(2)13-32(27(24)34)20(3)16-33/h5-12,17,19-20,25,33H,13-16H2,1-4H3/t19-,20+,25+/m1/s1. The van der Waals surface area contributed by atoms with E-state index in [1.54, 1.807) is 23.5 Å². The predicted molar refractivity (Wildman–Crippen MR) is 134 cm³/mol. The average Bonchev–Trinajstić information content (AvgIpc) is 2.86. The number of hydrogen-bond acceptors (Lipinski definition) is 7. The summed E-state index contributed by atoms with van der Waals surface area (Å²) in [6.07, 6.45) is 6.69. The summed E-state index contributed by atoms with van der Waals surface area (Å²) >= 11 is 0. The SMILES string of the molecule is Cc1ccccc1-c1cnc2c(c1)C(=O)N([C@@H](C)CO)C[C@@H](C)[C@H](CN(C)Cc1cncnc1)O2. The molecule has 8 heteroatoms. The summed E-state index contributed by atoms with van der Waals surface area (Å²) in [6.45, 7) is 7.64. The molecule has 4 rings (SSSR count). The van der Waals surface area contributed by atoms with E-state index < -0.39 is 0 Å². The largest absolute Gasteiger partial charge is 0.472 e. The Labute approximate surface area is 206 Å². The minimum Gasteiger partial charge on any atom is -0.472 e. The number of carbonyl (C=O) groups is 1. The number of pyridine rings is 1. The van der Waals surface area contributed by atoms with Gasteiger partial charge in [-0.25, -0.2) is 15.0 Å². The number of carbonyl (C=O) groups excluding carboxylic acids is 1. The maximum absolute atomic E-state index is 13.6. The summed E-state index contributed by atoms with van der Waals surface area (Å²) in [5.41, 5.74) is 4.42. The second kappa shape index (κ2) is 10.9. The number of aliphatic hydroxyl groups excluding tert-OH is 1. The highest BCUT2D eigenvalue weighted by atomic mass is 16.5. The fourth-order valence-electron chi connectivity index (χ4n) is 4.46. The summed E-state index contributed by atoms with van der Waals surface area (Å²) < 4.78 is 6.42. The molecule has 0 unspecified atom stereocenters. The summed E-state index contributed by atoms with van der Waals surface area (Å²) in [6, 6.07) is 9.57. The zero-order valence-corrected chi connectivity index (χ0v) is 20.8. The second-order valence-electron chi connectivity index (χ2n) is 9.46. The van der Waals surface area contributed by atoms with Gasteiger partial charge in [0.25, 0.3) is 5.91 Å². The van der Waals surface area contributed by atoms with Crippen LogP contribution in [0.5, 0.6) is 5.88 Å². The van der Waals surface area contributed by atoms with E-state index in [9.17, 15) is 9.90 Å². The van der Waals surface area contributed by atoms with Gasteiger partial charge in [0.1, 0.15) is 18.0 Å². The average molecular weight is 476 g/mol. The Kier molecular flexibility index (Phi) is 7.73. The third kappa shape index (κ3) is 5.66. The number of rotatable bonds is 7. The Bertz CT molecular complexity index is 1160. The zero-order chi connectivity index (χ0) is 24.9. The first kappa shape index (κ1) is 24.8. The Morgan fingerprint density at radius 1 is 1.20 bits per heavy atom. The van der Waals surface area contributed by atoms with Gasteiger partial charge in [0.15, 0.2) is 0 Å². The number of ether oxygens (including phenoxy) is 1. The molecule has 0 radical (unpaired) electrons. The summed E-state index contributed by atoms with van der Waals surface area (Å²) in [5, 5.41) is 9.88. The number of aliphatic hydroxyl groups is 1. The molecule has 35 heavy (non-hydrogen) atoms. The fraction of sp³-hybridized carbons (Fsp3) is 0.407. The Hall–Kier alpha value is -3.36. The van der Waals surface area contributed by atoms with E-state index in [4.69, 9.17) is 4.74 Å². The number of aryl methyl sites for hydroxylation is 1. The molecule has 2 aromatic heterocycles. The molecule has 1 aromatic carbocycles. The third-order valence-corrected chi connectivity index (χ3v) is 6.54. The van der Waals surface area contributed by atoms with E-state index >= 15 is 0 Å². The molecule has 1 N–H and O–H groups in total. The Balaban J connectivity index is 1.67. The van der Waals surface area contributed by atoms with Crippen LogP contribution in [0.4, 0.5) is 0 Å². The molecule has 0 aliphatic carbocycles. The van der Waals surface area contributed by atoms with Gasteiger partial charge in [0, 0.05) is 55.3 Å². The molecule has 3 aromatic rings. The lowest BCUT2D eigenvalue weighted by Gasteiger charge is -2.37. The van der Waals surface area contributed by atoms with Crippen LogP contribution in [0.3, 0.4) is 0 Å². The lowest BCUT2D eigenvalue weighted by atomic mass is 9.98. The van der Waals surface area contributed by atoms with E-state index in [-0.39, 0.29) is 30.6 Å².